The minimum absolute atomic E-state index is 0.731. The lowest BCUT2D eigenvalue weighted by Crippen LogP contribution is -2.04. The van der Waals surface area contributed by atoms with Gasteiger partial charge in [0.2, 0.25) is 0 Å². The number of rotatable bonds is 4. The van der Waals surface area contributed by atoms with Crippen molar-refractivity contribution in [3.8, 4) is 11.4 Å². The van der Waals surface area contributed by atoms with Crippen LogP contribution in [0, 0.1) is 0 Å². The number of imidazole rings is 2. The molecule has 0 bridgehead atoms. The molecule has 0 amide bonds. The van der Waals surface area contributed by atoms with Crippen molar-refractivity contribution in [2.75, 3.05) is 0 Å². The Morgan fingerprint density at radius 3 is 2.61 bits per heavy atom. The third kappa shape index (κ3) is 2.42. The van der Waals surface area contributed by atoms with Crippen molar-refractivity contribution in [3.05, 3.63) is 78.5 Å². The molecule has 3 aromatic heterocycles. The maximum absolute atomic E-state index is 4.81. The predicted molar refractivity (Wildman–Crippen MR) is 91.3 cm³/mol. The largest absolute Gasteiger partial charge is 0.325 e. The molecule has 114 valence electrons. The number of hydrogen-bond donors (Lipinski definition) is 0. The van der Waals surface area contributed by atoms with Crippen molar-refractivity contribution in [2.24, 2.45) is 0 Å². The highest BCUT2D eigenvalue weighted by Crippen LogP contribution is 2.20. The van der Waals surface area contributed by atoms with E-state index in [1.807, 2.05) is 42.7 Å². The third-order valence-electron chi connectivity index (χ3n) is 4.11. The number of fused-ring (bicyclic) bond motifs is 1. The van der Waals surface area contributed by atoms with Crippen LogP contribution in [0.4, 0.5) is 0 Å². The van der Waals surface area contributed by atoms with E-state index < -0.39 is 0 Å². The highest BCUT2D eigenvalue weighted by atomic mass is 15.1. The minimum Gasteiger partial charge on any atom is -0.325 e. The molecular formula is C19H18N4. The fraction of sp³-hybridized carbons (Fsp3) is 0.158. The Morgan fingerprint density at radius 1 is 0.957 bits per heavy atom. The first kappa shape index (κ1) is 13.8. The number of hydrogen-bond acceptors (Lipinski definition) is 2. The Kier molecular flexibility index (Phi) is 3.42. The molecule has 0 atom stereocenters. The van der Waals surface area contributed by atoms with E-state index in [4.69, 9.17) is 4.98 Å². The topological polar surface area (TPSA) is 35.1 Å². The second-order valence-corrected chi connectivity index (χ2v) is 5.53. The molecular weight excluding hydrogens is 284 g/mol. The van der Waals surface area contributed by atoms with Gasteiger partial charge in [0.25, 0.3) is 0 Å². The van der Waals surface area contributed by atoms with Crippen molar-refractivity contribution in [1.82, 2.24) is 18.9 Å². The van der Waals surface area contributed by atoms with Crippen molar-refractivity contribution in [1.29, 1.82) is 0 Å². The molecule has 0 unspecified atom stereocenters. The van der Waals surface area contributed by atoms with E-state index in [9.17, 15) is 0 Å². The molecule has 0 N–H and O–H groups in total. The second kappa shape index (κ2) is 5.72. The molecule has 3 heterocycles. The molecule has 1 aromatic carbocycles. The van der Waals surface area contributed by atoms with E-state index in [2.05, 4.69) is 45.3 Å². The monoisotopic (exact) mass is 302 g/mol. The first-order chi connectivity index (χ1) is 11.4. The normalized spacial score (nSPS) is 11.2. The number of benzene rings is 1. The van der Waals surface area contributed by atoms with E-state index >= 15 is 0 Å². The zero-order chi connectivity index (χ0) is 15.6. The van der Waals surface area contributed by atoms with Gasteiger partial charge in [-0.2, -0.15) is 0 Å². The molecule has 4 nitrogen and oxygen atoms in total. The summed E-state index contributed by atoms with van der Waals surface area (Å²) in [6, 6.07) is 16.4. The molecule has 0 aliphatic heterocycles. The quantitative estimate of drug-likeness (QED) is 0.574. The van der Waals surface area contributed by atoms with Gasteiger partial charge in [0.15, 0.2) is 0 Å². The maximum Gasteiger partial charge on any atom is 0.140 e. The molecule has 0 aliphatic rings. The van der Waals surface area contributed by atoms with E-state index in [1.165, 1.54) is 5.69 Å². The molecule has 0 spiro atoms. The lowest BCUT2D eigenvalue weighted by atomic mass is 10.2. The standard InChI is InChI=1S/C19H18N4/c1-2-17-16(21-18-10-6-7-12-23(17)18)14-22-13-11-20-19(22)15-8-4-3-5-9-15/h3-13H,2,14H2,1H3. The summed E-state index contributed by atoms with van der Waals surface area (Å²) in [4.78, 5) is 9.33. The van der Waals surface area contributed by atoms with E-state index in [0.29, 0.717) is 0 Å². The van der Waals surface area contributed by atoms with Crippen LogP contribution in [0.1, 0.15) is 18.3 Å². The van der Waals surface area contributed by atoms with Gasteiger partial charge >= 0.3 is 0 Å². The summed E-state index contributed by atoms with van der Waals surface area (Å²) in [5.74, 6) is 0.977. The molecule has 0 fully saturated rings. The van der Waals surface area contributed by atoms with Crippen LogP contribution in [0.3, 0.4) is 0 Å². The van der Waals surface area contributed by atoms with Crippen LogP contribution >= 0.6 is 0 Å². The van der Waals surface area contributed by atoms with Crippen LogP contribution in [-0.2, 0) is 13.0 Å². The summed E-state index contributed by atoms with van der Waals surface area (Å²) in [7, 11) is 0. The van der Waals surface area contributed by atoms with Crippen LogP contribution < -0.4 is 0 Å². The molecule has 4 aromatic rings. The van der Waals surface area contributed by atoms with Gasteiger partial charge in [-0.1, -0.05) is 43.3 Å². The van der Waals surface area contributed by atoms with Gasteiger partial charge in [-0.05, 0) is 18.6 Å². The minimum atomic E-state index is 0.731. The molecule has 23 heavy (non-hydrogen) atoms. The fourth-order valence-electron chi connectivity index (χ4n) is 3.04. The summed E-state index contributed by atoms with van der Waals surface area (Å²) in [6.07, 6.45) is 6.90. The van der Waals surface area contributed by atoms with Gasteiger partial charge < -0.3 is 8.97 Å². The van der Waals surface area contributed by atoms with Crippen LogP contribution in [-0.4, -0.2) is 18.9 Å². The second-order valence-electron chi connectivity index (χ2n) is 5.53. The van der Waals surface area contributed by atoms with Gasteiger partial charge in [-0.25, -0.2) is 9.97 Å². The van der Waals surface area contributed by atoms with Crippen LogP contribution in [0.25, 0.3) is 17.0 Å². The molecule has 0 saturated carbocycles. The molecule has 0 radical (unpaired) electrons. The average molecular weight is 302 g/mol. The molecule has 0 aliphatic carbocycles. The smallest absolute Gasteiger partial charge is 0.140 e. The summed E-state index contributed by atoms with van der Waals surface area (Å²) in [6.45, 7) is 2.90. The first-order valence-corrected chi connectivity index (χ1v) is 7.88. The van der Waals surface area contributed by atoms with Crippen molar-refractivity contribution >= 4 is 5.65 Å². The van der Waals surface area contributed by atoms with Crippen LogP contribution in [0.2, 0.25) is 0 Å². The zero-order valence-corrected chi connectivity index (χ0v) is 13.1. The Balaban J connectivity index is 1.76. The fourth-order valence-corrected chi connectivity index (χ4v) is 3.04. The Morgan fingerprint density at radius 2 is 1.78 bits per heavy atom. The highest BCUT2D eigenvalue weighted by Gasteiger charge is 2.13. The van der Waals surface area contributed by atoms with Crippen molar-refractivity contribution in [3.63, 3.8) is 0 Å². The molecule has 4 rings (SSSR count). The Hall–Kier alpha value is -2.88. The lowest BCUT2D eigenvalue weighted by Gasteiger charge is -2.08. The van der Waals surface area contributed by atoms with Gasteiger partial charge in [0.1, 0.15) is 11.5 Å². The number of aromatic nitrogens is 4. The maximum atomic E-state index is 4.81. The van der Waals surface area contributed by atoms with Gasteiger partial charge in [0.05, 0.1) is 12.2 Å². The van der Waals surface area contributed by atoms with Crippen molar-refractivity contribution < 1.29 is 0 Å². The number of pyridine rings is 1. The SMILES string of the molecule is CCc1c(Cn2ccnc2-c2ccccc2)nc2ccccn12. The zero-order valence-electron chi connectivity index (χ0n) is 13.1. The first-order valence-electron chi connectivity index (χ1n) is 7.88. The van der Waals surface area contributed by atoms with Gasteiger partial charge in [-0.15, -0.1) is 0 Å². The Bertz CT molecular complexity index is 934. The van der Waals surface area contributed by atoms with E-state index in [-0.39, 0.29) is 0 Å². The van der Waals surface area contributed by atoms with Gasteiger partial charge in [-0.3, -0.25) is 0 Å². The van der Waals surface area contributed by atoms with Gasteiger partial charge in [0, 0.05) is 29.8 Å². The Labute approximate surface area is 135 Å². The van der Waals surface area contributed by atoms with Crippen molar-refractivity contribution in [2.45, 2.75) is 19.9 Å². The number of aryl methyl sites for hydroxylation is 1. The lowest BCUT2D eigenvalue weighted by molar-refractivity contribution is 0.772. The number of nitrogens with zero attached hydrogens (tertiary/aromatic N) is 4. The summed E-state index contributed by atoms with van der Waals surface area (Å²) in [5, 5.41) is 0. The molecule has 4 heteroatoms. The highest BCUT2D eigenvalue weighted by molar-refractivity contribution is 5.55. The van der Waals surface area contributed by atoms with Crippen LogP contribution in [0.5, 0.6) is 0 Å². The third-order valence-corrected chi connectivity index (χ3v) is 4.11. The summed E-state index contributed by atoms with van der Waals surface area (Å²) in [5.41, 5.74) is 4.49. The van der Waals surface area contributed by atoms with Crippen LogP contribution in [0.15, 0.2) is 67.1 Å². The summed E-state index contributed by atoms with van der Waals surface area (Å²) >= 11 is 0. The van der Waals surface area contributed by atoms with E-state index in [1.54, 1.807) is 0 Å². The molecule has 0 saturated heterocycles. The van der Waals surface area contributed by atoms with E-state index in [0.717, 1.165) is 35.7 Å². The predicted octanol–water partition coefficient (Wildman–Crippen LogP) is 3.81. The summed E-state index contributed by atoms with van der Waals surface area (Å²) < 4.78 is 4.34. The average Bonchev–Trinajstić information content (AvgIpc) is 3.19.